The van der Waals surface area contributed by atoms with Crippen molar-refractivity contribution in [1.29, 1.82) is 0 Å². The van der Waals surface area contributed by atoms with E-state index in [4.69, 9.17) is 14.2 Å². The lowest BCUT2D eigenvalue weighted by Crippen LogP contribution is -2.33. The normalized spacial score (nSPS) is 10.9. The second-order valence-corrected chi connectivity index (χ2v) is 8.39. The van der Waals surface area contributed by atoms with Gasteiger partial charge in [-0.3, -0.25) is 9.10 Å². The number of anilines is 1. The van der Waals surface area contributed by atoms with Gasteiger partial charge in [0.05, 0.1) is 32.7 Å². The number of benzene rings is 2. The minimum atomic E-state index is -3.56. The van der Waals surface area contributed by atoms with Crippen LogP contribution in [-0.4, -0.2) is 54.5 Å². The Morgan fingerprint density at radius 2 is 1.77 bits per heavy atom. The quantitative estimate of drug-likeness (QED) is 0.514. The Bertz CT molecular complexity index is 918. The molecule has 1 N–H and O–H groups in total. The van der Waals surface area contributed by atoms with Crippen molar-refractivity contribution in [2.45, 2.75) is 12.8 Å². The van der Waals surface area contributed by atoms with Crippen LogP contribution < -0.4 is 23.8 Å². The van der Waals surface area contributed by atoms with E-state index in [9.17, 15) is 13.2 Å². The fourth-order valence-corrected chi connectivity index (χ4v) is 3.77. The Morgan fingerprint density at radius 3 is 2.40 bits per heavy atom. The first-order valence-electron chi connectivity index (χ1n) is 9.49. The average Bonchev–Trinajstić information content (AvgIpc) is 2.74. The fraction of sp³-hybridized carbons (Fsp3) is 0.381. The summed E-state index contributed by atoms with van der Waals surface area (Å²) < 4.78 is 41.8. The number of para-hydroxylation sites is 1. The van der Waals surface area contributed by atoms with Crippen molar-refractivity contribution < 1.29 is 27.4 Å². The summed E-state index contributed by atoms with van der Waals surface area (Å²) in [6.07, 6.45) is 1.67. The number of hydrogen-bond donors (Lipinski definition) is 1. The molecule has 0 unspecified atom stereocenters. The number of sulfonamides is 1. The van der Waals surface area contributed by atoms with E-state index in [0.29, 0.717) is 36.8 Å². The van der Waals surface area contributed by atoms with Crippen molar-refractivity contribution in [3.63, 3.8) is 0 Å². The third kappa shape index (κ3) is 7.14. The van der Waals surface area contributed by atoms with Crippen LogP contribution in [0.2, 0.25) is 0 Å². The minimum absolute atomic E-state index is 0.148. The topological polar surface area (TPSA) is 94.2 Å². The summed E-state index contributed by atoms with van der Waals surface area (Å²) in [5.74, 6) is 1.51. The fourth-order valence-electron chi connectivity index (χ4n) is 2.80. The van der Waals surface area contributed by atoms with Crippen LogP contribution in [0.5, 0.6) is 17.2 Å². The molecule has 0 aliphatic heterocycles. The van der Waals surface area contributed by atoms with Crippen LogP contribution in [-0.2, 0) is 14.8 Å². The maximum atomic E-state index is 12.3. The highest BCUT2D eigenvalue weighted by Crippen LogP contribution is 2.33. The van der Waals surface area contributed by atoms with Gasteiger partial charge < -0.3 is 19.5 Å². The molecule has 0 fully saturated rings. The van der Waals surface area contributed by atoms with Crippen LogP contribution in [0.3, 0.4) is 0 Å². The zero-order chi connectivity index (χ0) is 22.0. The number of ether oxygens (including phenoxy) is 3. The third-order valence-corrected chi connectivity index (χ3v) is 5.44. The van der Waals surface area contributed by atoms with E-state index in [2.05, 4.69) is 5.32 Å². The van der Waals surface area contributed by atoms with Gasteiger partial charge in [-0.15, -0.1) is 0 Å². The molecular weight excluding hydrogens is 408 g/mol. The second-order valence-electron chi connectivity index (χ2n) is 6.49. The number of amides is 1. The first kappa shape index (κ1) is 23.3. The Hall–Kier alpha value is -2.94. The monoisotopic (exact) mass is 436 g/mol. The lowest BCUT2D eigenvalue weighted by molar-refractivity contribution is -0.121. The van der Waals surface area contributed by atoms with Crippen LogP contribution in [0.4, 0.5) is 5.69 Å². The summed E-state index contributed by atoms with van der Waals surface area (Å²) >= 11 is 0. The number of hydrogen-bond acceptors (Lipinski definition) is 6. The predicted molar refractivity (Wildman–Crippen MR) is 116 cm³/mol. The lowest BCUT2D eigenvalue weighted by Gasteiger charge is -2.24. The van der Waals surface area contributed by atoms with E-state index in [1.54, 1.807) is 18.2 Å². The third-order valence-electron chi connectivity index (χ3n) is 4.26. The summed E-state index contributed by atoms with van der Waals surface area (Å²) in [7, 11) is -0.577. The summed E-state index contributed by atoms with van der Waals surface area (Å²) in [6.45, 7) is 0.875. The van der Waals surface area contributed by atoms with Crippen molar-refractivity contribution in [2.75, 3.05) is 44.5 Å². The molecule has 8 nitrogen and oxygen atoms in total. The molecule has 0 aliphatic carbocycles. The van der Waals surface area contributed by atoms with Gasteiger partial charge in [0, 0.05) is 19.0 Å². The van der Waals surface area contributed by atoms with Crippen LogP contribution in [0.25, 0.3) is 0 Å². The SMILES string of the molecule is COc1ccc(N(CCCC(=O)NCCOc2ccccc2)S(C)(=O)=O)c(OC)c1. The van der Waals surface area contributed by atoms with Gasteiger partial charge in [0.25, 0.3) is 0 Å². The molecule has 164 valence electrons. The Morgan fingerprint density at radius 1 is 1.03 bits per heavy atom. The molecule has 0 saturated carbocycles. The molecule has 0 bridgehead atoms. The van der Waals surface area contributed by atoms with Gasteiger partial charge in [-0.1, -0.05) is 18.2 Å². The Kier molecular flexibility index (Phi) is 8.79. The van der Waals surface area contributed by atoms with Crippen molar-refractivity contribution >= 4 is 21.6 Å². The van der Waals surface area contributed by atoms with E-state index in [0.717, 1.165) is 12.0 Å². The molecule has 0 heterocycles. The molecule has 1 amide bonds. The molecular formula is C21H28N2O6S. The highest BCUT2D eigenvalue weighted by Gasteiger charge is 2.21. The molecule has 2 aromatic carbocycles. The first-order chi connectivity index (χ1) is 14.3. The molecule has 0 aliphatic rings. The van der Waals surface area contributed by atoms with E-state index >= 15 is 0 Å². The van der Waals surface area contributed by atoms with Crippen molar-refractivity contribution in [1.82, 2.24) is 5.32 Å². The number of methoxy groups -OCH3 is 2. The molecule has 0 saturated heterocycles. The summed E-state index contributed by atoms with van der Waals surface area (Å²) in [4.78, 5) is 12.1. The maximum absolute atomic E-state index is 12.3. The highest BCUT2D eigenvalue weighted by atomic mass is 32.2. The molecule has 9 heteroatoms. The molecule has 0 spiro atoms. The van der Waals surface area contributed by atoms with Gasteiger partial charge in [0.15, 0.2) is 0 Å². The molecule has 0 radical (unpaired) electrons. The number of nitrogens with zero attached hydrogens (tertiary/aromatic N) is 1. The van der Waals surface area contributed by atoms with Crippen molar-refractivity contribution in [3.05, 3.63) is 48.5 Å². The van der Waals surface area contributed by atoms with Crippen LogP contribution >= 0.6 is 0 Å². The Labute approximate surface area is 177 Å². The molecule has 2 rings (SSSR count). The van der Waals surface area contributed by atoms with Gasteiger partial charge in [-0.25, -0.2) is 8.42 Å². The van der Waals surface area contributed by atoms with E-state index in [-0.39, 0.29) is 18.9 Å². The lowest BCUT2D eigenvalue weighted by atomic mass is 10.2. The van der Waals surface area contributed by atoms with Gasteiger partial charge in [0.2, 0.25) is 15.9 Å². The molecule has 0 atom stereocenters. The Balaban J connectivity index is 1.86. The second kappa shape index (κ2) is 11.3. The smallest absolute Gasteiger partial charge is 0.232 e. The zero-order valence-electron chi connectivity index (χ0n) is 17.5. The summed E-state index contributed by atoms with van der Waals surface area (Å²) in [6, 6.07) is 14.2. The zero-order valence-corrected chi connectivity index (χ0v) is 18.3. The largest absolute Gasteiger partial charge is 0.497 e. The van der Waals surface area contributed by atoms with Crippen LogP contribution in [0.15, 0.2) is 48.5 Å². The van der Waals surface area contributed by atoms with E-state index in [1.807, 2.05) is 30.3 Å². The van der Waals surface area contributed by atoms with E-state index in [1.165, 1.54) is 18.5 Å². The number of carbonyl (C=O) groups excluding carboxylic acids is 1. The minimum Gasteiger partial charge on any atom is -0.497 e. The van der Waals surface area contributed by atoms with Crippen molar-refractivity contribution in [2.24, 2.45) is 0 Å². The van der Waals surface area contributed by atoms with Gasteiger partial charge >= 0.3 is 0 Å². The van der Waals surface area contributed by atoms with Gasteiger partial charge in [-0.2, -0.15) is 0 Å². The van der Waals surface area contributed by atoms with Crippen LogP contribution in [0.1, 0.15) is 12.8 Å². The van der Waals surface area contributed by atoms with Crippen LogP contribution in [0, 0.1) is 0 Å². The number of rotatable bonds is 12. The maximum Gasteiger partial charge on any atom is 0.232 e. The molecule has 0 aromatic heterocycles. The highest BCUT2D eigenvalue weighted by molar-refractivity contribution is 7.92. The average molecular weight is 437 g/mol. The summed E-state index contributed by atoms with van der Waals surface area (Å²) in [5, 5.41) is 2.77. The van der Waals surface area contributed by atoms with Gasteiger partial charge in [0.1, 0.15) is 23.9 Å². The number of carbonyl (C=O) groups is 1. The first-order valence-corrected chi connectivity index (χ1v) is 11.3. The van der Waals surface area contributed by atoms with Gasteiger partial charge in [-0.05, 0) is 30.7 Å². The summed E-state index contributed by atoms with van der Waals surface area (Å²) in [5.41, 5.74) is 0.400. The molecule has 2 aromatic rings. The van der Waals surface area contributed by atoms with Crippen molar-refractivity contribution in [3.8, 4) is 17.2 Å². The standard InChI is InChI=1S/C21H28N2O6S/c1-27-18-11-12-19(20(16-18)28-2)23(30(3,25)26)14-7-10-21(24)22-13-15-29-17-8-5-4-6-9-17/h4-6,8-9,11-12,16H,7,10,13-15H2,1-3H3,(H,22,24). The molecule has 30 heavy (non-hydrogen) atoms. The predicted octanol–water partition coefficient (Wildman–Crippen LogP) is 2.45. The number of nitrogens with one attached hydrogen (secondary N) is 1. The van der Waals surface area contributed by atoms with E-state index < -0.39 is 10.0 Å².